The Kier molecular flexibility index (Phi) is 8.86. The topological polar surface area (TPSA) is 49.3 Å². The van der Waals surface area contributed by atoms with Crippen molar-refractivity contribution in [2.45, 2.75) is 38.8 Å². The van der Waals surface area contributed by atoms with Crippen molar-refractivity contribution < 1.29 is 0 Å². The zero-order valence-electron chi connectivity index (χ0n) is 12.0. The first-order valence-electron chi connectivity index (χ1n) is 6.80. The van der Waals surface area contributed by atoms with Gasteiger partial charge in [-0.2, -0.15) is 11.8 Å². The van der Waals surface area contributed by atoms with E-state index in [9.17, 15) is 0 Å². The van der Waals surface area contributed by atoms with Crippen molar-refractivity contribution in [2.24, 2.45) is 4.99 Å². The van der Waals surface area contributed by atoms with Gasteiger partial charge in [0.15, 0.2) is 5.96 Å². The van der Waals surface area contributed by atoms with Gasteiger partial charge in [0.2, 0.25) is 0 Å². The number of thiazole rings is 1. The molecule has 0 radical (unpaired) electrons. The van der Waals surface area contributed by atoms with Crippen molar-refractivity contribution in [3.05, 3.63) is 16.1 Å². The summed E-state index contributed by atoms with van der Waals surface area (Å²) in [7, 11) is 1.82. The third-order valence-electron chi connectivity index (χ3n) is 3.06. The van der Waals surface area contributed by atoms with Gasteiger partial charge in [-0.1, -0.05) is 6.92 Å². The first-order chi connectivity index (χ1) is 9.31. The first-order valence-corrected chi connectivity index (χ1v) is 8.83. The number of nitrogens with zero attached hydrogens (tertiary/aromatic N) is 2. The van der Waals surface area contributed by atoms with Gasteiger partial charge in [-0.15, -0.1) is 35.3 Å². The highest BCUT2D eigenvalue weighted by molar-refractivity contribution is 14.0. The second-order valence-electron chi connectivity index (χ2n) is 4.57. The fourth-order valence-corrected chi connectivity index (χ4v) is 3.83. The van der Waals surface area contributed by atoms with Crippen molar-refractivity contribution in [1.82, 2.24) is 15.6 Å². The Morgan fingerprint density at radius 1 is 1.55 bits per heavy atom. The van der Waals surface area contributed by atoms with Crippen LogP contribution in [0.3, 0.4) is 0 Å². The summed E-state index contributed by atoms with van der Waals surface area (Å²) >= 11 is 3.75. The number of thioether (sulfide) groups is 1. The molecule has 2 heterocycles. The molecule has 2 rings (SSSR count). The molecule has 1 fully saturated rings. The molecule has 1 aromatic rings. The van der Waals surface area contributed by atoms with Gasteiger partial charge in [-0.3, -0.25) is 4.99 Å². The van der Waals surface area contributed by atoms with Crippen LogP contribution in [0.25, 0.3) is 0 Å². The number of guanidine groups is 1. The maximum atomic E-state index is 4.55. The maximum Gasteiger partial charge on any atom is 0.191 e. The molecule has 0 bridgehead atoms. The minimum Gasteiger partial charge on any atom is -0.353 e. The van der Waals surface area contributed by atoms with E-state index in [-0.39, 0.29) is 24.0 Å². The SMILES string of the molecule is CCc1nc(CNC(=NC)NC2CCCSC2)cs1.I. The number of hydrogen-bond acceptors (Lipinski definition) is 4. The molecule has 4 nitrogen and oxygen atoms in total. The third kappa shape index (κ3) is 5.77. The lowest BCUT2D eigenvalue weighted by Gasteiger charge is -2.24. The standard InChI is InChI=1S/C13H22N4S2.HI/c1-3-12-16-11(9-19-12)7-15-13(14-2)17-10-5-4-6-18-8-10;/h9-10H,3-8H2,1-2H3,(H2,14,15,17);1H. The number of nitrogens with one attached hydrogen (secondary N) is 2. The van der Waals surface area contributed by atoms with E-state index in [0.29, 0.717) is 6.04 Å². The van der Waals surface area contributed by atoms with Crippen molar-refractivity contribution in [3.8, 4) is 0 Å². The Bertz CT molecular complexity index is 416. The van der Waals surface area contributed by atoms with Gasteiger partial charge in [-0.25, -0.2) is 4.98 Å². The Balaban J connectivity index is 0.00000200. The second kappa shape index (κ2) is 9.83. The Labute approximate surface area is 146 Å². The van der Waals surface area contributed by atoms with Crippen LogP contribution in [-0.4, -0.2) is 35.5 Å². The first kappa shape index (κ1) is 18.0. The van der Waals surface area contributed by atoms with Crippen molar-refractivity contribution in [2.75, 3.05) is 18.6 Å². The summed E-state index contributed by atoms with van der Waals surface area (Å²) in [6, 6.07) is 0.548. The van der Waals surface area contributed by atoms with Gasteiger partial charge in [0, 0.05) is 24.2 Å². The maximum absolute atomic E-state index is 4.55. The third-order valence-corrected chi connectivity index (χ3v) is 5.32. The summed E-state index contributed by atoms with van der Waals surface area (Å²) in [4.78, 5) is 8.84. The van der Waals surface area contributed by atoms with Crippen LogP contribution in [0.4, 0.5) is 0 Å². The second-order valence-corrected chi connectivity index (χ2v) is 6.66. The van der Waals surface area contributed by atoms with Crippen LogP contribution < -0.4 is 10.6 Å². The van der Waals surface area contributed by atoms with E-state index in [1.165, 1.54) is 29.4 Å². The predicted octanol–water partition coefficient (Wildman–Crippen LogP) is 2.88. The molecule has 2 N–H and O–H groups in total. The van der Waals surface area contributed by atoms with Crippen LogP contribution in [0.2, 0.25) is 0 Å². The molecule has 114 valence electrons. The predicted molar refractivity (Wildman–Crippen MR) is 101 cm³/mol. The molecule has 7 heteroatoms. The lowest BCUT2D eigenvalue weighted by atomic mass is 10.2. The lowest BCUT2D eigenvalue weighted by molar-refractivity contribution is 0.581. The molecular weight excluding hydrogens is 403 g/mol. The molecule has 1 saturated heterocycles. The van der Waals surface area contributed by atoms with Crippen LogP contribution in [0, 0.1) is 0 Å². The molecule has 0 spiro atoms. The van der Waals surface area contributed by atoms with Gasteiger partial charge < -0.3 is 10.6 Å². The van der Waals surface area contributed by atoms with Crippen molar-refractivity contribution in [1.29, 1.82) is 0 Å². The number of aryl methyl sites for hydroxylation is 1. The number of halogens is 1. The molecule has 1 aliphatic rings. The van der Waals surface area contributed by atoms with E-state index >= 15 is 0 Å². The molecule has 1 unspecified atom stereocenters. The van der Waals surface area contributed by atoms with Crippen LogP contribution in [0.1, 0.15) is 30.5 Å². The van der Waals surface area contributed by atoms with E-state index < -0.39 is 0 Å². The fraction of sp³-hybridized carbons (Fsp3) is 0.692. The highest BCUT2D eigenvalue weighted by Crippen LogP contribution is 2.16. The smallest absolute Gasteiger partial charge is 0.191 e. The van der Waals surface area contributed by atoms with Crippen LogP contribution >= 0.6 is 47.1 Å². The summed E-state index contributed by atoms with van der Waals surface area (Å²) in [6.07, 6.45) is 3.55. The Morgan fingerprint density at radius 2 is 2.40 bits per heavy atom. The molecule has 0 amide bonds. The minimum atomic E-state index is 0. The van der Waals surface area contributed by atoms with Gasteiger partial charge in [0.1, 0.15) is 0 Å². The largest absolute Gasteiger partial charge is 0.353 e. The molecule has 20 heavy (non-hydrogen) atoms. The highest BCUT2D eigenvalue weighted by atomic mass is 127. The molecule has 1 atom stereocenters. The van der Waals surface area contributed by atoms with E-state index in [2.05, 4.69) is 32.9 Å². The molecular formula is C13H23IN4S2. The van der Waals surface area contributed by atoms with E-state index in [1.54, 1.807) is 11.3 Å². The number of hydrogen-bond donors (Lipinski definition) is 2. The van der Waals surface area contributed by atoms with E-state index in [4.69, 9.17) is 0 Å². The Hall–Kier alpha value is -0.0200. The minimum absolute atomic E-state index is 0. The van der Waals surface area contributed by atoms with Gasteiger partial charge in [0.05, 0.1) is 17.2 Å². The molecule has 1 aromatic heterocycles. The molecule has 0 aliphatic carbocycles. The van der Waals surface area contributed by atoms with Crippen LogP contribution in [0.15, 0.2) is 10.4 Å². The van der Waals surface area contributed by atoms with E-state index in [1.807, 2.05) is 18.8 Å². The summed E-state index contributed by atoms with van der Waals surface area (Å²) in [5.41, 5.74) is 1.10. The number of aromatic nitrogens is 1. The summed E-state index contributed by atoms with van der Waals surface area (Å²) in [5, 5.41) is 10.2. The Morgan fingerprint density at radius 3 is 3.00 bits per heavy atom. The quantitative estimate of drug-likeness (QED) is 0.442. The zero-order valence-corrected chi connectivity index (χ0v) is 16.0. The fourth-order valence-electron chi connectivity index (χ4n) is 2.01. The number of aliphatic imine (C=N–C) groups is 1. The van der Waals surface area contributed by atoms with Gasteiger partial charge >= 0.3 is 0 Å². The summed E-state index contributed by atoms with van der Waals surface area (Å²) in [6.45, 7) is 2.88. The average molecular weight is 426 g/mol. The van der Waals surface area contributed by atoms with Gasteiger partial charge in [-0.05, 0) is 25.0 Å². The zero-order chi connectivity index (χ0) is 13.5. The van der Waals surface area contributed by atoms with Crippen LogP contribution in [-0.2, 0) is 13.0 Å². The highest BCUT2D eigenvalue weighted by Gasteiger charge is 2.14. The molecule has 0 aromatic carbocycles. The van der Waals surface area contributed by atoms with Crippen molar-refractivity contribution >= 4 is 53.0 Å². The molecule has 1 aliphatic heterocycles. The molecule has 0 saturated carbocycles. The average Bonchev–Trinajstić information content (AvgIpc) is 2.92. The number of rotatable bonds is 4. The van der Waals surface area contributed by atoms with Crippen molar-refractivity contribution in [3.63, 3.8) is 0 Å². The van der Waals surface area contributed by atoms with Gasteiger partial charge in [0.25, 0.3) is 0 Å². The van der Waals surface area contributed by atoms with Crippen LogP contribution in [0.5, 0.6) is 0 Å². The summed E-state index contributed by atoms with van der Waals surface area (Å²) in [5.74, 6) is 3.36. The lowest BCUT2D eigenvalue weighted by Crippen LogP contribution is -2.45. The monoisotopic (exact) mass is 426 g/mol. The normalized spacial score (nSPS) is 19.3. The summed E-state index contributed by atoms with van der Waals surface area (Å²) < 4.78 is 0. The van der Waals surface area contributed by atoms with E-state index in [0.717, 1.165) is 24.6 Å².